The molecule has 0 saturated carbocycles. The Balaban J connectivity index is 1.61. The van der Waals surface area contributed by atoms with Gasteiger partial charge in [-0.15, -0.1) is 0 Å². The molecular weight excluding hydrogens is 350 g/mol. The second-order valence-electron chi connectivity index (χ2n) is 6.85. The van der Waals surface area contributed by atoms with Crippen LogP contribution in [-0.2, 0) is 11.2 Å². The van der Waals surface area contributed by atoms with E-state index < -0.39 is 0 Å². The molecule has 0 radical (unpaired) electrons. The van der Waals surface area contributed by atoms with E-state index in [2.05, 4.69) is 16.0 Å². The third-order valence-corrected chi connectivity index (χ3v) is 5.47. The lowest BCUT2D eigenvalue weighted by atomic mass is 9.99. The maximum absolute atomic E-state index is 12.9. The van der Waals surface area contributed by atoms with Gasteiger partial charge in [-0.1, -0.05) is 11.6 Å². The predicted octanol–water partition coefficient (Wildman–Crippen LogP) is 3.55. The van der Waals surface area contributed by atoms with E-state index in [0.29, 0.717) is 24.2 Å². The molecule has 1 saturated heterocycles. The molecule has 5 nitrogen and oxygen atoms in total. The Kier molecular flexibility index (Phi) is 4.83. The minimum Gasteiger partial charge on any atom is -0.383 e. The number of carbonyl (C=O) groups excluding carboxylic acids is 1. The van der Waals surface area contributed by atoms with E-state index >= 15 is 0 Å². The summed E-state index contributed by atoms with van der Waals surface area (Å²) in [4.78, 5) is 21.5. The van der Waals surface area contributed by atoms with E-state index in [4.69, 9.17) is 16.3 Å². The molecule has 136 valence electrons. The number of fused-ring (bicyclic) bond motifs is 1. The minimum atomic E-state index is 0.0109. The molecule has 0 aliphatic carbocycles. The molecule has 1 aromatic carbocycles. The van der Waals surface area contributed by atoms with Crippen molar-refractivity contribution in [1.29, 1.82) is 0 Å². The zero-order valence-corrected chi connectivity index (χ0v) is 15.6. The van der Waals surface area contributed by atoms with Crippen molar-refractivity contribution >= 4 is 28.9 Å². The number of nitrogens with zero attached hydrogens (tertiary/aromatic N) is 3. The van der Waals surface area contributed by atoms with Gasteiger partial charge in [0, 0.05) is 30.8 Å². The molecule has 0 bridgehead atoms. The molecule has 4 rings (SSSR count). The number of hydrogen-bond donors (Lipinski definition) is 0. The molecule has 1 unspecified atom stereocenters. The number of halogens is 1. The number of carbonyl (C=O) groups is 1. The molecular formula is C20H22ClN3O2. The number of amides is 1. The number of hydrogen-bond acceptors (Lipinski definition) is 4. The molecule has 2 aliphatic rings. The fraction of sp³-hybridized carbons (Fsp3) is 0.400. The molecule has 0 spiro atoms. The van der Waals surface area contributed by atoms with E-state index in [0.717, 1.165) is 48.3 Å². The summed E-state index contributed by atoms with van der Waals surface area (Å²) in [5.41, 5.74) is 3.64. The maximum Gasteiger partial charge on any atom is 0.258 e. The Morgan fingerprint density at radius 3 is 2.92 bits per heavy atom. The Bertz CT molecular complexity index is 826. The van der Waals surface area contributed by atoms with Crippen molar-refractivity contribution in [1.82, 2.24) is 4.98 Å². The van der Waals surface area contributed by atoms with Gasteiger partial charge in [-0.3, -0.25) is 9.78 Å². The van der Waals surface area contributed by atoms with Crippen LogP contribution in [0.2, 0.25) is 5.02 Å². The lowest BCUT2D eigenvalue weighted by Gasteiger charge is -2.30. The Morgan fingerprint density at radius 2 is 2.08 bits per heavy atom. The van der Waals surface area contributed by atoms with E-state index in [1.54, 1.807) is 19.4 Å². The van der Waals surface area contributed by atoms with Crippen molar-refractivity contribution < 1.29 is 9.53 Å². The fourth-order valence-corrected chi connectivity index (χ4v) is 4.16. The smallest absolute Gasteiger partial charge is 0.258 e. The number of benzene rings is 1. The molecule has 2 aromatic rings. The van der Waals surface area contributed by atoms with Crippen molar-refractivity contribution in [2.24, 2.45) is 0 Å². The van der Waals surface area contributed by atoms with Crippen LogP contribution < -0.4 is 9.80 Å². The Hall–Kier alpha value is -2.11. The lowest BCUT2D eigenvalue weighted by molar-refractivity contribution is 0.0980. The highest BCUT2D eigenvalue weighted by Gasteiger charge is 2.28. The quantitative estimate of drug-likeness (QED) is 0.824. The molecule has 1 amide bonds. The molecule has 6 heteroatoms. The summed E-state index contributed by atoms with van der Waals surface area (Å²) < 4.78 is 5.35. The van der Waals surface area contributed by atoms with Crippen LogP contribution in [0.3, 0.4) is 0 Å². The number of rotatable bonds is 4. The predicted molar refractivity (Wildman–Crippen MR) is 103 cm³/mol. The highest BCUT2D eigenvalue weighted by molar-refractivity contribution is 6.30. The first-order valence-corrected chi connectivity index (χ1v) is 9.36. The van der Waals surface area contributed by atoms with E-state index in [9.17, 15) is 4.79 Å². The first-order valence-electron chi connectivity index (χ1n) is 8.98. The van der Waals surface area contributed by atoms with Crippen molar-refractivity contribution in [2.45, 2.75) is 25.3 Å². The van der Waals surface area contributed by atoms with Crippen molar-refractivity contribution in [2.75, 3.05) is 36.6 Å². The first-order chi connectivity index (χ1) is 12.7. The van der Waals surface area contributed by atoms with Crippen LogP contribution >= 0.6 is 11.6 Å². The molecule has 26 heavy (non-hydrogen) atoms. The van der Waals surface area contributed by atoms with Gasteiger partial charge in [0.15, 0.2) is 0 Å². The first kappa shape index (κ1) is 17.3. The summed E-state index contributed by atoms with van der Waals surface area (Å²) in [6, 6.07) is 7.92. The molecule has 1 fully saturated rings. The van der Waals surface area contributed by atoms with Crippen LogP contribution in [0, 0.1) is 0 Å². The normalized spacial score (nSPS) is 19.8. The lowest BCUT2D eigenvalue weighted by Crippen LogP contribution is -2.38. The van der Waals surface area contributed by atoms with Crippen molar-refractivity contribution in [3.63, 3.8) is 0 Å². The van der Waals surface area contributed by atoms with Gasteiger partial charge < -0.3 is 14.5 Å². The summed E-state index contributed by atoms with van der Waals surface area (Å²) in [7, 11) is 1.74. The summed E-state index contributed by atoms with van der Waals surface area (Å²) in [5.74, 6) is 0.0109. The standard InChI is InChI=1S/C20H22ClN3O2/c1-26-13-16-3-2-7-23(16)17-10-18(12-22-11-17)24-8-6-14-9-15(21)4-5-19(14)20(24)25/h4-5,9-12,16H,2-3,6-8,13H2,1H3. The molecule has 3 heterocycles. The highest BCUT2D eigenvalue weighted by atomic mass is 35.5. The number of anilines is 2. The van der Waals surface area contributed by atoms with Gasteiger partial charge in [0.25, 0.3) is 5.91 Å². The second-order valence-corrected chi connectivity index (χ2v) is 7.29. The van der Waals surface area contributed by atoms with Gasteiger partial charge in [0.2, 0.25) is 0 Å². The molecule has 1 aromatic heterocycles. The van der Waals surface area contributed by atoms with Crippen LogP contribution in [0.15, 0.2) is 36.7 Å². The summed E-state index contributed by atoms with van der Waals surface area (Å²) in [6.07, 6.45) is 6.70. The van der Waals surface area contributed by atoms with Gasteiger partial charge >= 0.3 is 0 Å². The molecule has 0 N–H and O–H groups in total. The largest absolute Gasteiger partial charge is 0.383 e. The number of methoxy groups -OCH3 is 1. The van der Waals surface area contributed by atoms with Gasteiger partial charge in [0.05, 0.1) is 36.4 Å². The highest BCUT2D eigenvalue weighted by Crippen LogP contribution is 2.31. The zero-order chi connectivity index (χ0) is 18.1. The minimum absolute atomic E-state index is 0.0109. The molecule has 2 aliphatic heterocycles. The Morgan fingerprint density at radius 1 is 1.23 bits per heavy atom. The van der Waals surface area contributed by atoms with Crippen LogP contribution in [-0.4, -0.2) is 43.7 Å². The summed E-state index contributed by atoms with van der Waals surface area (Å²) in [5, 5.41) is 0.673. The SMILES string of the molecule is COCC1CCCN1c1cncc(N2CCc3cc(Cl)ccc3C2=O)c1. The van der Waals surface area contributed by atoms with Crippen LogP contribution in [0.1, 0.15) is 28.8 Å². The second kappa shape index (κ2) is 7.25. The van der Waals surface area contributed by atoms with Crippen LogP contribution in [0.25, 0.3) is 0 Å². The van der Waals surface area contributed by atoms with Gasteiger partial charge in [-0.05, 0) is 49.1 Å². The third kappa shape index (κ3) is 3.17. The number of aromatic nitrogens is 1. The van der Waals surface area contributed by atoms with Gasteiger partial charge in [0.1, 0.15) is 0 Å². The summed E-state index contributed by atoms with van der Waals surface area (Å²) >= 11 is 6.06. The van der Waals surface area contributed by atoms with Gasteiger partial charge in [-0.25, -0.2) is 0 Å². The van der Waals surface area contributed by atoms with E-state index in [1.165, 1.54) is 0 Å². The van der Waals surface area contributed by atoms with E-state index in [-0.39, 0.29) is 5.91 Å². The average Bonchev–Trinajstić information content (AvgIpc) is 3.11. The van der Waals surface area contributed by atoms with Crippen molar-refractivity contribution in [3.8, 4) is 0 Å². The monoisotopic (exact) mass is 371 g/mol. The summed E-state index contributed by atoms with van der Waals surface area (Å²) in [6.45, 7) is 2.34. The Labute approximate surface area is 158 Å². The van der Waals surface area contributed by atoms with Crippen molar-refractivity contribution in [3.05, 3.63) is 52.8 Å². The molecule has 1 atom stereocenters. The average molecular weight is 372 g/mol. The van der Waals surface area contributed by atoms with Crippen LogP contribution in [0.5, 0.6) is 0 Å². The third-order valence-electron chi connectivity index (χ3n) is 5.24. The topological polar surface area (TPSA) is 45.7 Å². The zero-order valence-electron chi connectivity index (χ0n) is 14.8. The maximum atomic E-state index is 12.9. The number of pyridine rings is 1. The van der Waals surface area contributed by atoms with Gasteiger partial charge in [-0.2, -0.15) is 0 Å². The number of ether oxygens (including phenoxy) is 1. The van der Waals surface area contributed by atoms with E-state index in [1.807, 2.05) is 23.2 Å². The van der Waals surface area contributed by atoms with Crippen LogP contribution in [0.4, 0.5) is 11.4 Å². The fourth-order valence-electron chi connectivity index (χ4n) is 3.97.